The van der Waals surface area contributed by atoms with Crippen molar-refractivity contribution in [2.75, 3.05) is 28.4 Å². The number of ketones is 1. The monoisotopic (exact) mass is 544 g/mol. The highest BCUT2D eigenvalue weighted by molar-refractivity contribution is 7.07. The second-order valence-electron chi connectivity index (χ2n) is 9.00. The van der Waals surface area contributed by atoms with Gasteiger partial charge in [-0.25, -0.2) is 4.99 Å². The van der Waals surface area contributed by atoms with Crippen molar-refractivity contribution >= 4 is 34.0 Å². The van der Waals surface area contributed by atoms with E-state index in [1.54, 1.807) is 51.0 Å². The standard InChI is InChI=1S/C30H28N2O6S/c1-16-25(17(2)33)27(26-20-10-8-7-9-19(20)11-12-21(26)35-3)32-29(34)24(39-30(32)31-16)15-18-13-22(36-4)28(38-6)23(14-18)37-5/h7-15,27H,1-6H3/t27-/m0/s1. The van der Waals surface area contributed by atoms with E-state index in [1.165, 1.54) is 25.4 Å². The fraction of sp³-hybridized carbons (Fsp3) is 0.233. The maximum Gasteiger partial charge on any atom is 0.271 e. The van der Waals surface area contributed by atoms with E-state index in [9.17, 15) is 9.59 Å². The second kappa shape index (κ2) is 10.4. The SMILES string of the molecule is COc1cc(C=c2sc3n(c2=O)[C@H](c2c(OC)ccc4ccccc24)C(C(C)=O)=C(C)N=3)cc(OC)c1OC. The summed E-state index contributed by atoms with van der Waals surface area (Å²) in [6.45, 7) is 3.31. The Hall–Kier alpha value is -4.37. The topological polar surface area (TPSA) is 88.4 Å². The minimum atomic E-state index is -0.707. The molecule has 1 atom stereocenters. The summed E-state index contributed by atoms with van der Waals surface area (Å²) >= 11 is 1.26. The van der Waals surface area contributed by atoms with Gasteiger partial charge in [-0.15, -0.1) is 0 Å². The van der Waals surface area contributed by atoms with Gasteiger partial charge in [-0.2, -0.15) is 0 Å². The van der Waals surface area contributed by atoms with Crippen LogP contribution in [-0.2, 0) is 4.79 Å². The third kappa shape index (κ3) is 4.38. The number of ether oxygens (including phenoxy) is 4. The minimum Gasteiger partial charge on any atom is -0.496 e. The van der Waals surface area contributed by atoms with E-state index in [0.29, 0.717) is 49.2 Å². The molecule has 0 unspecified atom stereocenters. The van der Waals surface area contributed by atoms with E-state index >= 15 is 0 Å². The van der Waals surface area contributed by atoms with E-state index in [-0.39, 0.29) is 11.3 Å². The number of fused-ring (bicyclic) bond motifs is 2. The molecule has 0 saturated heterocycles. The van der Waals surface area contributed by atoms with Crippen LogP contribution in [0.25, 0.3) is 16.8 Å². The number of aromatic nitrogens is 1. The summed E-state index contributed by atoms with van der Waals surface area (Å²) in [4.78, 5) is 32.3. The van der Waals surface area contributed by atoms with Gasteiger partial charge in [0.05, 0.1) is 39.0 Å². The normalized spacial score (nSPS) is 15.1. The van der Waals surface area contributed by atoms with Crippen LogP contribution in [0, 0.1) is 0 Å². The van der Waals surface area contributed by atoms with Gasteiger partial charge in [0.1, 0.15) is 5.75 Å². The molecule has 0 spiro atoms. The fourth-order valence-electron chi connectivity index (χ4n) is 5.12. The van der Waals surface area contributed by atoms with Gasteiger partial charge in [-0.1, -0.05) is 41.7 Å². The lowest BCUT2D eigenvalue weighted by molar-refractivity contribution is -0.114. The molecule has 4 aromatic rings. The van der Waals surface area contributed by atoms with Crippen molar-refractivity contribution in [3.05, 3.63) is 90.6 Å². The van der Waals surface area contributed by atoms with Gasteiger partial charge < -0.3 is 18.9 Å². The highest BCUT2D eigenvalue weighted by Crippen LogP contribution is 2.40. The van der Waals surface area contributed by atoms with Crippen molar-refractivity contribution in [1.82, 2.24) is 4.57 Å². The largest absolute Gasteiger partial charge is 0.496 e. The molecule has 0 amide bonds. The van der Waals surface area contributed by atoms with E-state index < -0.39 is 6.04 Å². The first kappa shape index (κ1) is 26.2. The van der Waals surface area contributed by atoms with Gasteiger partial charge in [-0.05, 0) is 54.5 Å². The Morgan fingerprint density at radius 2 is 1.62 bits per heavy atom. The highest BCUT2D eigenvalue weighted by atomic mass is 32.1. The van der Waals surface area contributed by atoms with E-state index in [0.717, 1.165) is 16.3 Å². The first-order chi connectivity index (χ1) is 18.8. The number of Topliss-reactive ketones (excluding diaryl/α,β-unsaturated/α-hetero) is 1. The molecule has 0 N–H and O–H groups in total. The minimum absolute atomic E-state index is 0.157. The maximum atomic E-state index is 14.1. The molecule has 0 radical (unpaired) electrons. The van der Waals surface area contributed by atoms with E-state index in [1.807, 2.05) is 36.4 Å². The molecular formula is C30H28N2O6S. The molecule has 8 nitrogen and oxygen atoms in total. The van der Waals surface area contributed by atoms with Crippen LogP contribution in [0.15, 0.2) is 69.6 Å². The zero-order valence-corrected chi connectivity index (χ0v) is 23.3. The summed E-state index contributed by atoms with van der Waals surface area (Å²) in [5, 5.41) is 1.87. The fourth-order valence-corrected chi connectivity index (χ4v) is 6.16. The molecule has 5 rings (SSSR count). The lowest BCUT2D eigenvalue weighted by atomic mass is 9.89. The predicted molar refractivity (Wildman–Crippen MR) is 151 cm³/mol. The second-order valence-corrected chi connectivity index (χ2v) is 10.0. The van der Waals surface area contributed by atoms with Crippen molar-refractivity contribution in [3.8, 4) is 23.0 Å². The lowest BCUT2D eigenvalue weighted by Crippen LogP contribution is -2.39. The third-order valence-electron chi connectivity index (χ3n) is 6.81. The number of hydrogen-bond donors (Lipinski definition) is 0. The van der Waals surface area contributed by atoms with Crippen molar-refractivity contribution in [2.45, 2.75) is 19.9 Å². The van der Waals surface area contributed by atoms with Crippen LogP contribution >= 0.6 is 11.3 Å². The van der Waals surface area contributed by atoms with Crippen LogP contribution in [0.3, 0.4) is 0 Å². The van der Waals surface area contributed by atoms with Gasteiger partial charge >= 0.3 is 0 Å². The zero-order chi connectivity index (χ0) is 27.8. The Kier molecular flexibility index (Phi) is 7.01. The number of rotatable bonds is 7. The van der Waals surface area contributed by atoms with Gasteiger partial charge in [0, 0.05) is 16.8 Å². The lowest BCUT2D eigenvalue weighted by Gasteiger charge is -2.27. The predicted octanol–water partition coefficient (Wildman–Crippen LogP) is 4.01. The van der Waals surface area contributed by atoms with Crippen molar-refractivity contribution < 1.29 is 23.7 Å². The number of carbonyl (C=O) groups is 1. The molecular weight excluding hydrogens is 516 g/mol. The summed E-state index contributed by atoms with van der Waals surface area (Å²) in [6, 6.07) is 14.5. The summed E-state index contributed by atoms with van der Waals surface area (Å²) < 4.78 is 24.2. The maximum absolute atomic E-state index is 14.1. The Labute approximate surface area is 229 Å². The first-order valence-electron chi connectivity index (χ1n) is 12.2. The van der Waals surface area contributed by atoms with E-state index in [4.69, 9.17) is 18.9 Å². The number of thiazole rings is 1. The Morgan fingerprint density at radius 1 is 0.949 bits per heavy atom. The Bertz CT molecular complexity index is 1810. The summed E-state index contributed by atoms with van der Waals surface area (Å²) in [5.74, 6) is 1.85. The summed E-state index contributed by atoms with van der Waals surface area (Å²) in [5.41, 5.74) is 2.20. The van der Waals surface area contributed by atoms with Crippen molar-refractivity contribution in [2.24, 2.45) is 4.99 Å². The van der Waals surface area contributed by atoms with Gasteiger partial charge in [0.15, 0.2) is 22.1 Å². The molecule has 200 valence electrons. The number of benzene rings is 3. The smallest absolute Gasteiger partial charge is 0.271 e. The third-order valence-corrected chi connectivity index (χ3v) is 7.79. The average Bonchev–Trinajstić information content (AvgIpc) is 3.24. The summed E-state index contributed by atoms with van der Waals surface area (Å²) in [6.07, 6.45) is 1.76. The Balaban J connectivity index is 1.82. The van der Waals surface area contributed by atoms with Crippen LogP contribution < -0.4 is 33.8 Å². The molecule has 1 aliphatic rings. The van der Waals surface area contributed by atoms with Crippen LogP contribution in [0.1, 0.15) is 31.0 Å². The number of allylic oxidation sites excluding steroid dienone is 2. The number of methoxy groups -OCH3 is 4. The highest BCUT2D eigenvalue weighted by Gasteiger charge is 2.33. The first-order valence-corrected chi connectivity index (χ1v) is 13.0. The Morgan fingerprint density at radius 3 is 2.23 bits per heavy atom. The quantitative estimate of drug-likeness (QED) is 0.349. The van der Waals surface area contributed by atoms with Crippen molar-refractivity contribution in [1.29, 1.82) is 0 Å². The molecule has 3 aromatic carbocycles. The number of carbonyl (C=O) groups excluding carboxylic acids is 1. The molecule has 1 aliphatic heterocycles. The van der Waals surface area contributed by atoms with Crippen LogP contribution in [-0.4, -0.2) is 38.8 Å². The molecule has 0 fully saturated rings. The average molecular weight is 545 g/mol. The van der Waals surface area contributed by atoms with E-state index in [2.05, 4.69) is 4.99 Å². The molecule has 2 heterocycles. The van der Waals surface area contributed by atoms with Crippen LogP contribution in [0.5, 0.6) is 23.0 Å². The molecule has 0 bridgehead atoms. The summed E-state index contributed by atoms with van der Waals surface area (Å²) in [7, 11) is 6.21. The number of hydrogen-bond acceptors (Lipinski definition) is 8. The molecule has 1 aromatic heterocycles. The van der Waals surface area contributed by atoms with Crippen LogP contribution in [0.4, 0.5) is 0 Å². The molecule has 39 heavy (non-hydrogen) atoms. The van der Waals surface area contributed by atoms with Gasteiger partial charge in [-0.3, -0.25) is 14.2 Å². The van der Waals surface area contributed by atoms with Gasteiger partial charge in [0.2, 0.25) is 5.75 Å². The molecule has 9 heteroatoms. The molecule has 0 saturated carbocycles. The van der Waals surface area contributed by atoms with Crippen molar-refractivity contribution in [3.63, 3.8) is 0 Å². The molecule has 0 aliphatic carbocycles. The van der Waals surface area contributed by atoms with Gasteiger partial charge in [0.25, 0.3) is 5.56 Å². The van der Waals surface area contributed by atoms with Crippen LogP contribution in [0.2, 0.25) is 0 Å². The number of nitrogens with zero attached hydrogens (tertiary/aromatic N) is 2. The zero-order valence-electron chi connectivity index (χ0n) is 22.5.